The summed E-state index contributed by atoms with van der Waals surface area (Å²) in [5, 5.41) is 0. The molecule has 2 aliphatic heterocycles. The normalized spacial score (nSPS) is 21.0. The summed E-state index contributed by atoms with van der Waals surface area (Å²) in [6, 6.07) is 5.34. The summed E-state index contributed by atoms with van der Waals surface area (Å²) >= 11 is 0. The van der Waals surface area contributed by atoms with Crippen molar-refractivity contribution < 1.29 is 13.2 Å². The number of rotatable bonds is 4. The van der Waals surface area contributed by atoms with E-state index in [9.17, 15) is 8.42 Å². The number of benzene rings is 1. The minimum Gasteiger partial charge on any atom is -0.492 e. The van der Waals surface area contributed by atoms with Crippen molar-refractivity contribution in [3.8, 4) is 5.75 Å². The van der Waals surface area contributed by atoms with Crippen LogP contribution in [-0.2, 0) is 15.8 Å². The molecule has 8 nitrogen and oxygen atoms in total. The summed E-state index contributed by atoms with van der Waals surface area (Å²) in [5.41, 5.74) is 8.16. The van der Waals surface area contributed by atoms with Gasteiger partial charge in [-0.2, -0.15) is 0 Å². The maximum Gasteiger partial charge on any atom is 0.259 e. The van der Waals surface area contributed by atoms with Crippen LogP contribution in [0.2, 0.25) is 0 Å². The van der Waals surface area contributed by atoms with Gasteiger partial charge in [0.15, 0.2) is 0 Å². The molecule has 0 aliphatic carbocycles. The highest BCUT2D eigenvalue weighted by atomic mass is 32.2. The Hall–Kier alpha value is -2.68. The molecule has 3 heterocycles. The summed E-state index contributed by atoms with van der Waals surface area (Å²) in [6.45, 7) is 4.23. The van der Waals surface area contributed by atoms with Crippen LogP contribution in [0.25, 0.3) is 0 Å². The number of nitrogens with two attached hydrogens (primary N) is 1. The molecule has 2 aromatic rings. The molecule has 9 heteroatoms. The van der Waals surface area contributed by atoms with Crippen LogP contribution in [0.4, 0.5) is 5.95 Å². The number of hydrogen-bond donors (Lipinski definition) is 1. The van der Waals surface area contributed by atoms with Crippen molar-refractivity contribution in [2.75, 3.05) is 24.6 Å². The van der Waals surface area contributed by atoms with E-state index in [1.54, 1.807) is 12.1 Å². The van der Waals surface area contributed by atoms with Crippen LogP contribution in [0.5, 0.6) is 5.75 Å². The minimum absolute atomic E-state index is 0.00447. The number of sulfonamides is 1. The van der Waals surface area contributed by atoms with Crippen molar-refractivity contribution in [1.82, 2.24) is 9.97 Å². The van der Waals surface area contributed by atoms with Gasteiger partial charge in [-0.3, -0.25) is 0 Å². The first-order valence-corrected chi connectivity index (χ1v) is 10.9. The molecular formula is C19H23N5O3S. The van der Waals surface area contributed by atoms with Gasteiger partial charge in [-0.1, -0.05) is 12.1 Å². The molecule has 1 aromatic carbocycles. The van der Waals surface area contributed by atoms with Gasteiger partial charge in [-0.05, 0) is 37.0 Å². The van der Waals surface area contributed by atoms with Crippen molar-refractivity contribution in [2.45, 2.75) is 25.5 Å². The molecule has 4 rings (SSSR count). The molecule has 0 bridgehead atoms. The van der Waals surface area contributed by atoms with Crippen LogP contribution >= 0.6 is 0 Å². The van der Waals surface area contributed by atoms with E-state index >= 15 is 0 Å². The van der Waals surface area contributed by atoms with Gasteiger partial charge in [0.25, 0.3) is 10.0 Å². The number of nitrogens with zero attached hydrogens (tertiary/aromatic N) is 4. The van der Waals surface area contributed by atoms with Crippen molar-refractivity contribution in [3.63, 3.8) is 0 Å². The zero-order chi connectivity index (χ0) is 19.7. The molecule has 0 spiro atoms. The molecule has 0 unspecified atom stereocenters. The van der Waals surface area contributed by atoms with E-state index in [-0.39, 0.29) is 11.6 Å². The van der Waals surface area contributed by atoms with Gasteiger partial charge < -0.3 is 15.4 Å². The van der Waals surface area contributed by atoms with Crippen LogP contribution in [0.15, 0.2) is 35.0 Å². The lowest BCUT2D eigenvalue weighted by atomic mass is 9.99. The summed E-state index contributed by atoms with van der Waals surface area (Å²) in [7, 11) is -3.55. The Bertz CT molecular complexity index is 1000. The van der Waals surface area contributed by atoms with Crippen LogP contribution in [0.3, 0.4) is 0 Å². The predicted octanol–water partition coefficient (Wildman–Crippen LogP) is 1.63. The average molecular weight is 401 g/mol. The Kier molecular flexibility index (Phi) is 4.92. The van der Waals surface area contributed by atoms with E-state index in [4.69, 9.17) is 10.5 Å². The predicted molar refractivity (Wildman–Crippen MR) is 107 cm³/mol. The maximum atomic E-state index is 11.8. The van der Waals surface area contributed by atoms with Crippen molar-refractivity contribution in [1.29, 1.82) is 0 Å². The summed E-state index contributed by atoms with van der Waals surface area (Å²) < 4.78 is 33.3. The first-order chi connectivity index (χ1) is 13.4. The largest absolute Gasteiger partial charge is 0.492 e. The van der Waals surface area contributed by atoms with Crippen LogP contribution in [0, 0.1) is 12.8 Å². The molecule has 1 atom stereocenters. The highest BCUT2D eigenvalue weighted by molar-refractivity contribution is 7.89. The number of aryl methyl sites for hydroxylation is 1. The molecule has 0 amide bonds. The smallest absolute Gasteiger partial charge is 0.259 e. The Balaban J connectivity index is 1.46. The second-order valence-electron chi connectivity index (χ2n) is 7.32. The lowest BCUT2D eigenvalue weighted by Crippen LogP contribution is -2.38. The highest BCUT2D eigenvalue weighted by Gasteiger charge is 2.26. The van der Waals surface area contributed by atoms with Crippen molar-refractivity contribution in [2.24, 2.45) is 16.0 Å². The van der Waals surface area contributed by atoms with E-state index < -0.39 is 10.0 Å². The fourth-order valence-electron chi connectivity index (χ4n) is 3.67. The van der Waals surface area contributed by atoms with E-state index in [0.717, 1.165) is 37.4 Å². The van der Waals surface area contributed by atoms with Crippen LogP contribution in [0.1, 0.15) is 29.5 Å². The number of fused-ring (bicyclic) bond motifs is 1. The Morgan fingerprint density at radius 3 is 2.86 bits per heavy atom. The zero-order valence-electron chi connectivity index (χ0n) is 15.7. The minimum atomic E-state index is -3.55. The molecule has 2 aliphatic rings. The number of amidine groups is 1. The van der Waals surface area contributed by atoms with Crippen LogP contribution in [-0.4, -0.2) is 43.9 Å². The number of piperidine rings is 1. The van der Waals surface area contributed by atoms with Crippen LogP contribution < -0.4 is 15.4 Å². The third kappa shape index (κ3) is 3.94. The lowest BCUT2D eigenvalue weighted by Gasteiger charge is -2.32. The molecule has 1 saturated heterocycles. The number of hydrogen-bond acceptors (Lipinski definition) is 7. The fourth-order valence-corrected chi connectivity index (χ4v) is 4.76. The van der Waals surface area contributed by atoms with Gasteiger partial charge in [0.1, 0.15) is 11.6 Å². The van der Waals surface area contributed by atoms with Gasteiger partial charge >= 0.3 is 0 Å². The van der Waals surface area contributed by atoms with Gasteiger partial charge in [0, 0.05) is 31.4 Å². The molecule has 0 saturated carbocycles. The first kappa shape index (κ1) is 18.7. The second-order valence-corrected chi connectivity index (χ2v) is 8.95. The molecule has 1 fully saturated rings. The fraction of sp³-hybridized carbons (Fsp3) is 0.421. The monoisotopic (exact) mass is 401 g/mol. The molecule has 0 radical (unpaired) electrons. The second kappa shape index (κ2) is 7.38. The molecule has 28 heavy (non-hydrogen) atoms. The topological polar surface area (TPSA) is 111 Å². The van der Waals surface area contributed by atoms with E-state index in [1.807, 2.05) is 25.4 Å². The average Bonchev–Trinajstić information content (AvgIpc) is 2.66. The number of anilines is 1. The number of aromatic nitrogens is 2. The lowest BCUT2D eigenvalue weighted by molar-refractivity contribution is 0.227. The first-order valence-electron chi connectivity index (χ1n) is 9.28. The molecular weight excluding hydrogens is 378 g/mol. The summed E-state index contributed by atoms with van der Waals surface area (Å²) in [6.07, 6.45) is 5.75. The highest BCUT2D eigenvalue weighted by Crippen LogP contribution is 2.29. The Labute approximate surface area is 164 Å². The maximum absolute atomic E-state index is 11.8. The van der Waals surface area contributed by atoms with Gasteiger partial charge in [0.05, 0.1) is 17.9 Å². The van der Waals surface area contributed by atoms with Crippen molar-refractivity contribution >= 4 is 21.8 Å². The van der Waals surface area contributed by atoms with E-state index in [2.05, 4.69) is 19.3 Å². The zero-order valence-corrected chi connectivity index (χ0v) is 16.5. The van der Waals surface area contributed by atoms with E-state index in [1.165, 1.54) is 0 Å². The Morgan fingerprint density at radius 1 is 1.29 bits per heavy atom. The summed E-state index contributed by atoms with van der Waals surface area (Å²) in [5.74, 6) is 1.49. The standard InChI is InChI=1S/C19H23N5O3S/c1-13-8-21-19(22-9-13)24-7-3-4-14(10-24)11-27-16-6-2-5-15-12-28(25,26)23-18(20)17(15)16/h2,5-6,8-9,14H,3-4,7,10-12H2,1H3,(H2,20,23)/t14-/m0/s1. The SMILES string of the molecule is Cc1cnc(N2CCC[C@H](COc3cccc4c3C(N)=NS(=O)(=O)C4)C2)nc1. The van der Waals surface area contributed by atoms with Gasteiger partial charge in [-0.25, -0.2) is 18.4 Å². The van der Waals surface area contributed by atoms with Crippen molar-refractivity contribution in [3.05, 3.63) is 47.3 Å². The van der Waals surface area contributed by atoms with E-state index in [0.29, 0.717) is 29.4 Å². The Morgan fingerprint density at radius 2 is 2.07 bits per heavy atom. The molecule has 148 valence electrons. The molecule has 1 aromatic heterocycles. The third-order valence-electron chi connectivity index (χ3n) is 4.99. The molecule has 2 N–H and O–H groups in total. The number of ether oxygens (including phenoxy) is 1. The quantitative estimate of drug-likeness (QED) is 0.829. The van der Waals surface area contributed by atoms with Gasteiger partial charge in [0.2, 0.25) is 5.95 Å². The third-order valence-corrected chi connectivity index (χ3v) is 6.14. The van der Waals surface area contributed by atoms with Gasteiger partial charge in [-0.15, -0.1) is 4.40 Å². The summed E-state index contributed by atoms with van der Waals surface area (Å²) in [4.78, 5) is 11.0.